The normalized spacial score (nSPS) is 27.6. The molecule has 0 aliphatic carbocycles. The quantitative estimate of drug-likeness (QED) is 0.747. The lowest BCUT2D eigenvalue weighted by Gasteiger charge is -2.34. The summed E-state index contributed by atoms with van der Waals surface area (Å²) in [5.74, 6) is 0.758. The predicted octanol–water partition coefficient (Wildman–Crippen LogP) is 1.34. The van der Waals surface area contributed by atoms with Crippen molar-refractivity contribution in [2.45, 2.75) is 39.3 Å². The summed E-state index contributed by atoms with van der Waals surface area (Å²) in [6, 6.07) is 0.460. The summed E-state index contributed by atoms with van der Waals surface area (Å²) in [6.07, 6.45) is 1.60. The van der Waals surface area contributed by atoms with Crippen LogP contribution >= 0.6 is 0 Å². The van der Waals surface area contributed by atoms with E-state index in [0.717, 1.165) is 32.2 Å². The van der Waals surface area contributed by atoms with Crippen molar-refractivity contribution in [3.05, 3.63) is 0 Å². The molecule has 1 heterocycles. The zero-order chi connectivity index (χ0) is 11.3. The Bertz CT molecular complexity index is 175. The minimum Gasteiger partial charge on any atom is -0.374 e. The summed E-state index contributed by atoms with van der Waals surface area (Å²) in [5.41, 5.74) is 0. The van der Waals surface area contributed by atoms with Crippen LogP contribution in [0.3, 0.4) is 0 Å². The lowest BCUT2D eigenvalue weighted by molar-refractivity contribution is -0.0357. The van der Waals surface area contributed by atoms with Crippen LogP contribution in [0.2, 0.25) is 0 Å². The van der Waals surface area contributed by atoms with Crippen LogP contribution in [0.15, 0.2) is 0 Å². The van der Waals surface area contributed by atoms with E-state index in [1.165, 1.54) is 6.42 Å². The van der Waals surface area contributed by atoms with Gasteiger partial charge in [-0.1, -0.05) is 20.3 Å². The highest BCUT2D eigenvalue weighted by Gasteiger charge is 2.23. The first-order chi connectivity index (χ1) is 7.13. The Hall–Kier alpha value is -0.120. The summed E-state index contributed by atoms with van der Waals surface area (Å²) in [4.78, 5) is 2.34. The molecule has 15 heavy (non-hydrogen) atoms. The highest BCUT2D eigenvalue weighted by Crippen LogP contribution is 2.08. The van der Waals surface area contributed by atoms with Crippen molar-refractivity contribution in [2.24, 2.45) is 5.92 Å². The molecule has 1 aliphatic rings. The number of likely N-dealkylation sites (N-methyl/N-ethyl adjacent to an activating group) is 1. The van der Waals surface area contributed by atoms with E-state index in [2.05, 4.69) is 38.0 Å². The lowest BCUT2D eigenvalue weighted by Crippen LogP contribution is -2.50. The molecule has 3 nitrogen and oxygen atoms in total. The SMILES string of the molecule is CCC(C)CNC(C)C1CN(C)CCO1. The Balaban J connectivity index is 2.23. The molecule has 1 saturated heterocycles. The van der Waals surface area contributed by atoms with Crippen molar-refractivity contribution < 1.29 is 4.74 Å². The third kappa shape index (κ3) is 4.49. The molecule has 3 heteroatoms. The second-order valence-electron chi connectivity index (χ2n) is 4.88. The second kappa shape index (κ2) is 6.46. The van der Waals surface area contributed by atoms with Crippen LogP contribution < -0.4 is 5.32 Å². The molecule has 1 rings (SSSR count). The van der Waals surface area contributed by atoms with Gasteiger partial charge in [-0.2, -0.15) is 0 Å². The van der Waals surface area contributed by atoms with Gasteiger partial charge >= 0.3 is 0 Å². The highest BCUT2D eigenvalue weighted by atomic mass is 16.5. The molecule has 0 aromatic rings. The van der Waals surface area contributed by atoms with Gasteiger partial charge in [0.1, 0.15) is 0 Å². The summed E-state index contributed by atoms with van der Waals surface area (Å²) < 4.78 is 5.77. The number of ether oxygens (including phenoxy) is 1. The van der Waals surface area contributed by atoms with Crippen molar-refractivity contribution in [1.82, 2.24) is 10.2 Å². The number of rotatable bonds is 5. The first-order valence-corrected chi connectivity index (χ1v) is 6.17. The molecule has 1 N–H and O–H groups in total. The average Bonchev–Trinajstić information content (AvgIpc) is 2.25. The molecule has 0 amide bonds. The van der Waals surface area contributed by atoms with Crippen LogP contribution in [0.25, 0.3) is 0 Å². The molecule has 3 atom stereocenters. The Morgan fingerprint density at radius 2 is 2.20 bits per heavy atom. The van der Waals surface area contributed by atoms with Gasteiger partial charge in [0.25, 0.3) is 0 Å². The largest absolute Gasteiger partial charge is 0.374 e. The third-order valence-electron chi connectivity index (χ3n) is 3.34. The molecule has 1 fully saturated rings. The zero-order valence-corrected chi connectivity index (χ0v) is 10.6. The standard InChI is InChI=1S/C12H26N2O/c1-5-10(2)8-13-11(3)12-9-14(4)6-7-15-12/h10-13H,5-9H2,1-4H3. The van der Waals surface area contributed by atoms with E-state index in [-0.39, 0.29) is 0 Å². The Morgan fingerprint density at radius 3 is 2.80 bits per heavy atom. The number of nitrogens with zero attached hydrogens (tertiary/aromatic N) is 1. The third-order valence-corrected chi connectivity index (χ3v) is 3.34. The summed E-state index contributed by atoms with van der Waals surface area (Å²) in [7, 11) is 2.16. The topological polar surface area (TPSA) is 24.5 Å². The van der Waals surface area contributed by atoms with Gasteiger partial charge in [0, 0.05) is 19.1 Å². The van der Waals surface area contributed by atoms with E-state index in [4.69, 9.17) is 4.74 Å². The fourth-order valence-electron chi connectivity index (χ4n) is 1.78. The van der Waals surface area contributed by atoms with Crippen molar-refractivity contribution in [1.29, 1.82) is 0 Å². The number of nitrogens with one attached hydrogen (secondary N) is 1. The summed E-state index contributed by atoms with van der Waals surface area (Å²) in [5, 5.41) is 3.57. The summed E-state index contributed by atoms with van der Waals surface area (Å²) in [6.45, 7) is 10.8. The predicted molar refractivity (Wildman–Crippen MR) is 64.2 cm³/mol. The van der Waals surface area contributed by atoms with Crippen molar-refractivity contribution in [3.8, 4) is 0 Å². The van der Waals surface area contributed by atoms with Crippen molar-refractivity contribution in [3.63, 3.8) is 0 Å². The fourth-order valence-corrected chi connectivity index (χ4v) is 1.78. The van der Waals surface area contributed by atoms with Crippen LogP contribution in [0, 0.1) is 5.92 Å². The van der Waals surface area contributed by atoms with Crippen molar-refractivity contribution in [2.75, 3.05) is 33.3 Å². The number of hydrogen-bond donors (Lipinski definition) is 1. The van der Waals surface area contributed by atoms with Gasteiger partial charge in [0.05, 0.1) is 12.7 Å². The maximum Gasteiger partial charge on any atom is 0.0852 e. The summed E-state index contributed by atoms with van der Waals surface area (Å²) >= 11 is 0. The monoisotopic (exact) mass is 214 g/mol. The Labute approximate surface area is 94.2 Å². The van der Waals surface area contributed by atoms with E-state index < -0.39 is 0 Å². The van der Waals surface area contributed by atoms with E-state index in [1.54, 1.807) is 0 Å². The number of morpholine rings is 1. The van der Waals surface area contributed by atoms with Gasteiger partial charge in [0.2, 0.25) is 0 Å². The smallest absolute Gasteiger partial charge is 0.0852 e. The highest BCUT2D eigenvalue weighted by molar-refractivity contribution is 4.79. The number of hydrogen-bond acceptors (Lipinski definition) is 3. The molecular weight excluding hydrogens is 188 g/mol. The molecule has 90 valence electrons. The van der Waals surface area contributed by atoms with Crippen LogP contribution in [-0.2, 0) is 4.74 Å². The van der Waals surface area contributed by atoms with Crippen LogP contribution in [0.5, 0.6) is 0 Å². The Morgan fingerprint density at radius 1 is 1.47 bits per heavy atom. The van der Waals surface area contributed by atoms with Gasteiger partial charge < -0.3 is 15.0 Å². The van der Waals surface area contributed by atoms with Crippen LogP contribution in [0.4, 0.5) is 0 Å². The lowest BCUT2D eigenvalue weighted by atomic mass is 10.1. The molecule has 0 aromatic carbocycles. The van der Waals surface area contributed by atoms with Gasteiger partial charge in [0.15, 0.2) is 0 Å². The van der Waals surface area contributed by atoms with E-state index >= 15 is 0 Å². The molecule has 3 unspecified atom stereocenters. The minimum absolute atomic E-state index is 0.354. The zero-order valence-electron chi connectivity index (χ0n) is 10.6. The van der Waals surface area contributed by atoms with E-state index in [0.29, 0.717) is 12.1 Å². The van der Waals surface area contributed by atoms with Gasteiger partial charge in [-0.25, -0.2) is 0 Å². The van der Waals surface area contributed by atoms with E-state index in [9.17, 15) is 0 Å². The van der Waals surface area contributed by atoms with Crippen LogP contribution in [-0.4, -0.2) is 50.3 Å². The molecular formula is C12H26N2O. The first-order valence-electron chi connectivity index (χ1n) is 6.17. The average molecular weight is 214 g/mol. The van der Waals surface area contributed by atoms with Crippen LogP contribution in [0.1, 0.15) is 27.2 Å². The molecule has 0 spiro atoms. The Kier molecular flexibility index (Phi) is 5.58. The maximum absolute atomic E-state index is 5.77. The molecule has 0 bridgehead atoms. The van der Waals surface area contributed by atoms with Gasteiger partial charge in [-0.15, -0.1) is 0 Å². The molecule has 0 radical (unpaired) electrons. The fraction of sp³-hybridized carbons (Fsp3) is 1.00. The minimum atomic E-state index is 0.354. The molecule has 0 aromatic heterocycles. The molecule has 0 saturated carbocycles. The van der Waals surface area contributed by atoms with E-state index in [1.807, 2.05) is 0 Å². The second-order valence-corrected chi connectivity index (χ2v) is 4.88. The van der Waals surface area contributed by atoms with Gasteiger partial charge in [-0.3, -0.25) is 0 Å². The maximum atomic E-state index is 5.77. The van der Waals surface area contributed by atoms with Gasteiger partial charge in [-0.05, 0) is 26.4 Å². The molecule has 1 aliphatic heterocycles. The first kappa shape index (κ1) is 12.9. The van der Waals surface area contributed by atoms with Crippen molar-refractivity contribution >= 4 is 0 Å².